The molecule has 1 aliphatic rings. The molecule has 1 aromatic rings. The lowest BCUT2D eigenvalue weighted by atomic mass is 9.87. The zero-order valence-corrected chi connectivity index (χ0v) is 13.7. The minimum Gasteiger partial charge on any atom is -0.293 e. The number of nitrogens with zero attached hydrogens (tertiary/aromatic N) is 1. The van der Waals surface area contributed by atoms with Crippen molar-refractivity contribution in [3.05, 3.63) is 42.0 Å². The molecular formula is C14H13Cl2NO3S. The van der Waals surface area contributed by atoms with Crippen molar-refractivity contribution < 1.29 is 13.2 Å². The second-order valence-corrected chi connectivity index (χ2v) is 7.72. The van der Waals surface area contributed by atoms with Crippen LogP contribution < -0.4 is 0 Å². The molecular weight excluding hydrogens is 333 g/mol. The monoisotopic (exact) mass is 345 g/mol. The predicted molar refractivity (Wildman–Crippen MR) is 83.7 cm³/mol. The molecule has 1 aliphatic carbocycles. The van der Waals surface area contributed by atoms with Crippen molar-refractivity contribution in [3.8, 4) is 0 Å². The van der Waals surface area contributed by atoms with Crippen molar-refractivity contribution >= 4 is 44.7 Å². The largest absolute Gasteiger partial charge is 0.293 e. The molecule has 7 heteroatoms. The number of hydrogen-bond donors (Lipinski definition) is 0. The van der Waals surface area contributed by atoms with Crippen molar-refractivity contribution in [3.63, 3.8) is 0 Å². The molecule has 21 heavy (non-hydrogen) atoms. The first-order valence-electron chi connectivity index (χ1n) is 6.12. The molecule has 0 N–H and O–H groups in total. The molecule has 4 nitrogen and oxygen atoms in total. The second-order valence-electron chi connectivity index (χ2n) is 4.90. The van der Waals surface area contributed by atoms with Gasteiger partial charge in [0.1, 0.15) is 10.3 Å². The number of ketones is 1. The lowest BCUT2D eigenvalue weighted by Crippen LogP contribution is -2.46. The van der Waals surface area contributed by atoms with E-state index >= 15 is 0 Å². The second kappa shape index (κ2) is 5.55. The molecule has 2 rings (SSSR count). The molecule has 0 aliphatic heterocycles. The van der Waals surface area contributed by atoms with Crippen LogP contribution in [0.1, 0.15) is 13.8 Å². The van der Waals surface area contributed by atoms with Crippen LogP contribution in [-0.2, 0) is 14.8 Å². The SMILES string of the molecule is CC1=CC(=O)C(Cl)C(C)(Cl)/C1=N\S(=O)(=O)c1ccccc1. The summed E-state index contributed by atoms with van der Waals surface area (Å²) in [4.78, 5) is 10.4. The Morgan fingerprint density at radius 1 is 1.24 bits per heavy atom. The van der Waals surface area contributed by atoms with Crippen LogP contribution in [0.2, 0.25) is 0 Å². The van der Waals surface area contributed by atoms with E-state index in [-0.39, 0.29) is 16.4 Å². The molecule has 0 bridgehead atoms. The smallest absolute Gasteiger partial charge is 0.282 e. The Hall–Kier alpha value is -1.17. The van der Waals surface area contributed by atoms with Gasteiger partial charge in [-0.05, 0) is 37.6 Å². The van der Waals surface area contributed by atoms with E-state index < -0.39 is 20.3 Å². The zero-order valence-electron chi connectivity index (χ0n) is 11.4. The summed E-state index contributed by atoms with van der Waals surface area (Å²) in [5.41, 5.74) is 0.488. The van der Waals surface area contributed by atoms with Crippen LogP contribution in [0, 0.1) is 0 Å². The van der Waals surface area contributed by atoms with E-state index in [1.54, 1.807) is 25.1 Å². The summed E-state index contributed by atoms with van der Waals surface area (Å²) >= 11 is 12.3. The van der Waals surface area contributed by atoms with Gasteiger partial charge >= 0.3 is 0 Å². The van der Waals surface area contributed by atoms with Crippen LogP contribution in [-0.4, -0.2) is 30.2 Å². The van der Waals surface area contributed by atoms with E-state index in [2.05, 4.69) is 4.40 Å². The van der Waals surface area contributed by atoms with Crippen molar-refractivity contribution in [2.24, 2.45) is 4.40 Å². The number of halogens is 2. The number of alkyl halides is 2. The van der Waals surface area contributed by atoms with Gasteiger partial charge in [-0.15, -0.1) is 23.2 Å². The number of sulfonamides is 1. The summed E-state index contributed by atoms with van der Waals surface area (Å²) < 4.78 is 28.4. The molecule has 2 unspecified atom stereocenters. The first kappa shape index (κ1) is 16.2. The highest BCUT2D eigenvalue weighted by atomic mass is 35.5. The van der Waals surface area contributed by atoms with Crippen LogP contribution in [0.4, 0.5) is 0 Å². The van der Waals surface area contributed by atoms with E-state index in [1.165, 1.54) is 25.1 Å². The molecule has 0 amide bonds. The van der Waals surface area contributed by atoms with E-state index in [0.717, 1.165) is 0 Å². The summed E-state index contributed by atoms with van der Waals surface area (Å²) in [5, 5.41) is -1.06. The highest BCUT2D eigenvalue weighted by molar-refractivity contribution is 7.90. The third kappa shape index (κ3) is 3.05. The standard InChI is InChI=1S/C14H13Cl2NO3S/c1-9-8-11(18)12(15)14(2,16)13(9)17-21(19,20)10-6-4-3-5-7-10/h3-8,12H,1-2H3/b17-13-. The summed E-state index contributed by atoms with van der Waals surface area (Å²) in [6, 6.07) is 7.79. The van der Waals surface area contributed by atoms with Crippen molar-refractivity contribution in [2.45, 2.75) is 29.0 Å². The van der Waals surface area contributed by atoms with Gasteiger partial charge < -0.3 is 0 Å². The van der Waals surface area contributed by atoms with Gasteiger partial charge in [-0.2, -0.15) is 12.8 Å². The minimum atomic E-state index is -3.91. The summed E-state index contributed by atoms with van der Waals surface area (Å²) in [6.07, 6.45) is 1.27. The van der Waals surface area contributed by atoms with Crippen molar-refractivity contribution in [2.75, 3.05) is 0 Å². The van der Waals surface area contributed by atoms with Gasteiger partial charge in [0.05, 0.1) is 10.6 Å². The molecule has 0 saturated heterocycles. The maximum absolute atomic E-state index is 12.3. The number of benzene rings is 1. The molecule has 0 saturated carbocycles. The van der Waals surface area contributed by atoms with E-state index in [4.69, 9.17) is 23.2 Å². The maximum atomic E-state index is 12.3. The average molecular weight is 346 g/mol. The Kier molecular flexibility index (Phi) is 4.29. The normalized spacial score (nSPS) is 28.6. The Labute approximate surface area is 133 Å². The van der Waals surface area contributed by atoms with E-state index in [1.807, 2.05) is 0 Å². The third-order valence-electron chi connectivity index (χ3n) is 3.17. The number of carbonyl (C=O) groups excluding carboxylic acids is 1. The predicted octanol–water partition coefficient (Wildman–Crippen LogP) is 2.95. The van der Waals surface area contributed by atoms with Crippen LogP contribution >= 0.6 is 23.2 Å². The Morgan fingerprint density at radius 3 is 2.38 bits per heavy atom. The Balaban J connectivity index is 2.59. The highest BCUT2D eigenvalue weighted by Gasteiger charge is 2.44. The summed E-state index contributed by atoms with van der Waals surface area (Å²) in [7, 11) is -3.91. The van der Waals surface area contributed by atoms with Gasteiger partial charge in [0.2, 0.25) is 0 Å². The number of hydrogen-bond acceptors (Lipinski definition) is 3. The fourth-order valence-electron chi connectivity index (χ4n) is 2.05. The molecule has 0 fully saturated rings. The van der Waals surface area contributed by atoms with Crippen LogP contribution in [0.15, 0.2) is 51.3 Å². The maximum Gasteiger partial charge on any atom is 0.282 e. The number of rotatable bonds is 2. The van der Waals surface area contributed by atoms with Gasteiger partial charge in [0, 0.05) is 0 Å². The van der Waals surface area contributed by atoms with E-state index in [9.17, 15) is 13.2 Å². The average Bonchev–Trinajstić information content (AvgIpc) is 2.43. The van der Waals surface area contributed by atoms with Crippen molar-refractivity contribution in [1.29, 1.82) is 0 Å². The van der Waals surface area contributed by atoms with E-state index in [0.29, 0.717) is 5.57 Å². The van der Waals surface area contributed by atoms with Gasteiger partial charge in [-0.25, -0.2) is 0 Å². The van der Waals surface area contributed by atoms with Crippen molar-refractivity contribution in [1.82, 2.24) is 0 Å². The van der Waals surface area contributed by atoms with Gasteiger partial charge in [0.25, 0.3) is 10.0 Å². The Bertz CT molecular complexity index is 737. The fraction of sp³-hybridized carbons (Fsp3) is 0.286. The molecule has 0 radical (unpaired) electrons. The number of allylic oxidation sites excluding steroid dienone is 2. The molecule has 0 spiro atoms. The van der Waals surface area contributed by atoms with Crippen LogP contribution in [0.5, 0.6) is 0 Å². The molecule has 2 atom stereocenters. The number of carbonyl (C=O) groups is 1. The summed E-state index contributed by atoms with van der Waals surface area (Å²) in [6.45, 7) is 3.07. The highest BCUT2D eigenvalue weighted by Crippen LogP contribution is 2.34. The minimum absolute atomic E-state index is 0.0563. The van der Waals surface area contributed by atoms with Gasteiger partial charge in [-0.3, -0.25) is 4.79 Å². The van der Waals surface area contributed by atoms with Crippen LogP contribution in [0.25, 0.3) is 0 Å². The Morgan fingerprint density at radius 2 is 1.81 bits per heavy atom. The third-order valence-corrected chi connectivity index (χ3v) is 5.62. The first-order chi connectivity index (χ1) is 9.66. The molecule has 112 valence electrons. The topological polar surface area (TPSA) is 63.6 Å². The van der Waals surface area contributed by atoms with Crippen LogP contribution in [0.3, 0.4) is 0 Å². The molecule has 1 aromatic carbocycles. The fourth-order valence-corrected chi connectivity index (χ4v) is 3.75. The first-order valence-corrected chi connectivity index (χ1v) is 8.37. The lowest BCUT2D eigenvalue weighted by Gasteiger charge is -2.31. The molecule has 0 aromatic heterocycles. The molecule has 0 heterocycles. The zero-order chi connectivity index (χ0) is 15.8. The summed E-state index contributed by atoms with van der Waals surface area (Å²) in [5.74, 6) is -0.359. The van der Waals surface area contributed by atoms with Gasteiger partial charge in [-0.1, -0.05) is 18.2 Å². The van der Waals surface area contributed by atoms with Gasteiger partial charge in [0.15, 0.2) is 5.78 Å². The quantitative estimate of drug-likeness (QED) is 0.774. The lowest BCUT2D eigenvalue weighted by molar-refractivity contribution is -0.114.